The molecule has 1 unspecified atom stereocenters. The number of carbonyl (C=O) groups excluding carboxylic acids is 2. The Morgan fingerprint density at radius 2 is 1.93 bits per heavy atom. The summed E-state index contributed by atoms with van der Waals surface area (Å²) in [6.07, 6.45) is 2.14. The Labute approximate surface area is 163 Å². The average molecular weight is 385 g/mol. The normalized spacial score (nSPS) is 20.4. The Morgan fingerprint density at radius 3 is 2.59 bits per heavy atom. The fourth-order valence-corrected chi connectivity index (χ4v) is 4.45. The molecule has 2 saturated heterocycles. The van der Waals surface area contributed by atoms with Crippen LogP contribution in [0.2, 0.25) is 0 Å². The van der Waals surface area contributed by atoms with Crippen LogP contribution in [-0.2, 0) is 16.1 Å². The van der Waals surface area contributed by atoms with Crippen molar-refractivity contribution in [2.24, 2.45) is 5.92 Å². The van der Waals surface area contributed by atoms with E-state index in [1.807, 2.05) is 28.3 Å². The molecule has 0 aliphatic carbocycles. The summed E-state index contributed by atoms with van der Waals surface area (Å²) < 4.78 is 0. The quantitative estimate of drug-likeness (QED) is 0.811. The van der Waals surface area contributed by atoms with Gasteiger partial charge in [-0.2, -0.15) is 0 Å². The van der Waals surface area contributed by atoms with Gasteiger partial charge in [0.25, 0.3) is 0 Å². The van der Waals surface area contributed by atoms with Crippen LogP contribution in [0.5, 0.6) is 0 Å². The van der Waals surface area contributed by atoms with Gasteiger partial charge in [0.1, 0.15) is 0 Å². The van der Waals surface area contributed by atoms with Crippen molar-refractivity contribution in [3.05, 3.63) is 47.0 Å². The Morgan fingerprint density at radius 1 is 1.19 bits per heavy atom. The molecule has 2 fully saturated rings. The highest BCUT2D eigenvalue weighted by atomic mass is 32.1. The van der Waals surface area contributed by atoms with Crippen LogP contribution in [0, 0.1) is 12.8 Å². The summed E-state index contributed by atoms with van der Waals surface area (Å²) in [6, 6.07) is 8.21. The van der Waals surface area contributed by atoms with Gasteiger partial charge in [0.05, 0.1) is 5.92 Å². The fraction of sp³-hybridized carbons (Fsp3) is 0.450. The van der Waals surface area contributed by atoms with Crippen molar-refractivity contribution in [1.29, 1.82) is 0 Å². The lowest BCUT2D eigenvalue weighted by Gasteiger charge is -2.35. The van der Waals surface area contributed by atoms with Gasteiger partial charge in [0, 0.05) is 57.3 Å². The van der Waals surface area contributed by atoms with Crippen LogP contribution in [0.4, 0.5) is 5.13 Å². The minimum Gasteiger partial charge on any atom is -0.345 e. The number of aryl methyl sites for hydroxylation is 1. The molecule has 0 bridgehead atoms. The number of hydrogen-bond donors (Lipinski definition) is 0. The minimum absolute atomic E-state index is 0.0790. The van der Waals surface area contributed by atoms with Gasteiger partial charge < -0.3 is 14.7 Å². The number of carbonyl (C=O) groups is 2. The lowest BCUT2D eigenvalue weighted by molar-refractivity contribution is -0.136. The van der Waals surface area contributed by atoms with Gasteiger partial charge in [0.15, 0.2) is 5.13 Å². The van der Waals surface area contributed by atoms with E-state index >= 15 is 0 Å². The van der Waals surface area contributed by atoms with E-state index in [-0.39, 0.29) is 17.7 Å². The number of piperazine rings is 1. The molecule has 27 heavy (non-hydrogen) atoms. The number of nitrogens with zero attached hydrogens (tertiary/aromatic N) is 4. The molecule has 2 aromatic rings. The van der Waals surface area contributed by atoms with Gasteiger partial charge in [-0.3, -0.25) is 9.59 Å². The van der Waals surface area contributed by atoms with E-state index in [1.54, 1.807) is 11.3 Å². The second-order valence-corrected chi connectivity index (χ2v) is 8.16. The first-order valence-electron chi connectivity index (χ1n) is 9.37. The molecular formula is C20H24N4O2S. The third-order valence-corrected chi connectivity index (χ3v) is 6.17. The van der Waals surface area contributed by atoms with Crippen LogP contribution in [0.3, 0.4) is 0 Å². The summed E-state index contributed by atoms with van der Waals surface area (Å²) >= 11 is 1.63. The first-order chi connectivity index (χ1) is 13.1. The molecule has 2 amide bonds. The standard InChI is InChI=1S/C20H24N4O2S/c1-15-2-4-16(5-3-15)13-24-14-17(12-18(24)25)19(26)22-7-9-23(10-8-22)20-21-6-11-27-20/h2-6,11,17H,7-10,12-14H2,1H3. The molecule has 4 rings (SSSR count). The number of amides is 2. The molecule has 3 heterocycles. The number of rotatable bonds is 4. The zero-order chi connectivity index (χ0) is 18.8. The lowest BCUT2D eigenvalue weighted by atomic mass is 10.1. The number of anilines is 1. The molecule has 6 nitrogen and oxygen atoms in total. The van der Waals surface area contributed by atoms with Crippen LogP contribution in [0.1, 0.15) is 17.5 Å². The van der Waals surface area contributed by atoms with Crippen LogP contribution in [0.25, 0.3) is 0 Å². The van der Waals surface area contributed by atoms with Crippen LogP contribution in [-0.4, -0.2) is 59.3 Å². The third-order valence-electron chi connectivity index (χ3n) is 5.34. The molecule has 2 aliphatic heterocycles. The van der Waals surface area contributed by atoms with Crippen molar-refractivity contribution < 1.29 is 9.59 Å². The summed E-state index contributed by atoms with van der Waals surface area (Å²) in [5.74, 6) is -0.0155. The molecule has 0 spiro atoms. The van der Waals surface area contributed by atoms with Gasteiger partial charge >= 0.3 is 0 Å². The predicted molar refractivity (Wildman–Crippen MR) is 106 cm³/mol. The Balaban J connectivity index is 1.32. The van der Waals surface area contributed by atoms with E-state index in [4.69, 9.17) is 0 Å². The van der Waals surface area contributed by atoms with Gasteiger partial charge in [-0.05, 0) is 12.5 Å². The van der Waals surface area contributed by atoms with Crippen molar-refractivity contribution in [3.63, 3.8) is 0 Å². The van der Waals surface area contributed by atoms with E-state index in [9.17, 15) is 9.59 Å². The number of likely N-dealkylation sites (tertiary alicyclic amines) is 1. The molecule has 2 aliphatic rings. The predicted octanol–water partition coefficient (Wildman–Crippen LogP) is 2.15. The summed E-state index contributed by atoms with van der Waals surface area (Å²) in [5, 5.41) is 2.99. The minimum atomic E-state index is -0.214. The molecule has 142 valence electrons. The second kappa shape index (κ2) is 7.68. The maximum Gasteiger partial charge on any atom is 0.228 e. The van der Waals surface area contributed by atoms with E-state index in [2.05, 4.69) is 34.1 Å². The van der Waals surface area contributed by atoms with E-state index in [1.165, 1.54) is 5.56 Å². The molecule has 1 atom stereocenters. The number of benzene rings is 1. The second-order valence-electron chi connectivity index (χ2n) is 7.29. The first kappa shape index (κ1) is 18.0. The van der Waals surface area contributed by atoms with Crippen molar-refractivity contribution in [2.75, 3.05) is 37.6 Å². The van der Waals surface area contributed by atoms with E-state index in [0.29, 0.717) is 32.6 Å². The zero-order valence-electron chi connectivity index (χ0n) is 15.5. The zero-order valence-corrected chi connectivity index (χ0v) is 16.3. The highest BCUT2D eigenvalue weighted by molar-refractivity contribution is 7.13. The number of hydrogen-bond acceptors (Lipinski definition) is 5. The Kier molecular flexibility index (Phi) is 5.11. The highest BCUT2D eigenvalue weighted by Gasteiger charge is 2.37. The maximum atomic E-state index is 12.9. The molecule has 0 saturated carbocycles. The van der Waals surface area contributed by atoms with Crippen LogP contribution >= 0.6 is 11.3 Å². The summed E-state index contributed by atoms with van der Waals surface area (Å²) in [6.45, 7) is 6.15. The van der Waals surface area contributed by atoms with Gasteiger partial charge in [-0.1, -0.05) is 29.8 Å². The smallest absolute Gasteiger partial charge is 0.228 e. The first-order valence-corrected chi connectivity index (χ1v) is 10.2. The van der Waals surface area contributed by atoms with Crippen molar-refractivity contribution >= 4 is 28.3 Å². The number of thiazole rings is 1. The van der Waals surface area contributed by atoms with Crippen LogP contribution in [0.15, 0.2) is 35.8 Å². The third kappa shape index (κ3) is 3.98. The Bertz CT molecular complexity index is 798. The van der Waals surface area contributed by atoms with Crippen molar-refractivity contribution in [2.45, 2.75) is 19.9 Å². The van der Waals surface area contributed by atoms with Crippen LogP contribution < -0.4 is 4.90 Å². The highest BCUT2D eigenvalue weighted by Crippen LogP contribution is 2.24. The maximum absolute atomic E-state index is 12.9. The van der Waals surface area contributed by atoms with Gasteiger partial charge in [-0.25, -0.2) is 4.98 Å². The summed E-state index contributed by atoms with van der Waals surface area (Å²) in [7, 11) is 0. The Hall–Kier alpha value is -2.41. The van der Waals surface area contributed by atoms with Crippen molar-refractivity contribution in [3.8, 4) is 0 Å². The summed E-state index contributed by atoms with van der Waals surface area (Å²) in [5.41, 5.74) is 2.32. The topological polar surface area (TPSA) is 56.8 Å². The lowest BCUT2D eigenvalue weighted by Crippen LogP contribution is -2.50. The van der Waals surface area contributed by atoms with Crippen molar-refractivity contribution in [1.82, 2.24) is 14.8 Å². The van der Waals surface area contributed by atoms with E-state index < -0.39 is 0 Å². The SMILES string of the molecule is Cc1ccc(CN2CC(C(=O)N3CCN(c4nccs4)CC3)CC2=O)cc1. The van der Waals surface area contributed by atoms with Gasteiger partial charge in [0.2, 0.25) is 11.8 Å². The average Bonchev–Trinajstić information content (AvgIpc) is 3.34. The molecule has 0 N–H and O–H groups in total. The molecule has 7 heteroatoms. The van der Waals surface area contributed by atoms with E-state index in [0.717, 1.165) is 23.8 Å². The molecular weight excluding hydrogens is 360 g/mol. The fourth-order valence-electron chi connectivity index (χ4n) is 3.75. The van der Waals surface area contributed by atoms with Gasteiger partial charge in [-0.15, -0.1) is 11.3 Å². The molecule has 1 aromatic carbocycles. The largest absolute Gasteiger partial charge is 0.345 e. The molecule has 0 radical (unpaired) electrons. The molecule has 1 aromatic heterocycles. The monoisotopic (exact) mass is 384 g/mol. The number of aromatic nitrogens is 1. The summed E-state index contributed by atoms with van der Waals surface area (Å²) in [4.78, 5) is 35.6.